The van der Waals surface area contributed by atoms with Crippen LogP contribution in [0.5, 0.6) is 0 Å². The second-order valence-corrected chi connectivity index (χ2v) is 9.92. The maximum atomic E-state index is 13.7. The molecule has 0 unspecified atom stereocenters. The zero-order valence-electron chi connectivity index (χ0n) is 20.3. The van der Waals surface area contributed by atoms with Crippen molar-refractivity contribution in [1.82, 2.24) is 20.4 Å². The molecule has 1 saturated carbocycles. The van der Waals surface area contributed by atoms with Gasteiger partial charge in [0.25, 0.3) is 5.91 Å². The first-order valence-corrected chi connectivity index (χ1v) is 12.4. The predicted octanol–water partition coefficient (Wildman–Crippen LogP) is 4.38. The molecule has 2 heterocycles. The van der Waals surface area contributed by atoms with E-state index in [0.717, 1.165) is 67.0 Å². The number of hydrogen-bond donors (Lipinski definition) is 2. The molecule has 3 aromatic carbocycles. The van der Waals surface area contributed by atoms with E-state index in [4.69, 9.17) is 0 Å². The molecular formula is C29H31N5O. The third-order valence-electron chi connectivity index (χ3n) is 7.47. The number of aromatic nitrogens is 2. The Morgan fingerprint density at radius 1 is 1.03 bits per heavy atom. The van der Waals surface area contributed by atoms with Crippen molar-refractivity contribution in [2.24, 2.45) is 7.05 Å². The summed E-state index contributed by atoms with van der Waals surface area (Å²) in [5.41, 5.74) is 5.96. The van der Waals surface area contributed by atoms with Crippen LogP contribution in [0.25, 0.3) is 21.9 Å². The number of hydrogen-bond acceptors (Lipinski definition) is 4. The summed E-state index contributed by atoms with van der Waals surface area (Å²) in [5.74, 6) is 0.00727. The molecule has 6 rings (SSSR count). The van der Waals surface area contributed by atoms with Gasteiger partial charge in [0.2, 0.25) is 0 Å². The van der Waals surface area contributed by atoms with E-state index in [2.05, 4.69) is 75.2 Å². The molecule has 0 atom stereocenters. The van der Waals surface area contributed by atoms with Crippen LogP contribution in [0.3, 0.4) is 0 Å². The van der Waals surface area contributed by atoms with Crippen LogP contribution in [0, 0.1) is 6.92 Å². The van der Waals surface area contributed by atoms with Crippen LogP contribution in [0.2, 0.25) is 0 Å². The Morgan fingerprint density at radius 2 is 1.83 bits per heavy atom. The molecule has 0 spiro atoms. The number of amides is 1. The van der Waals surface area contributed by atoms with Crippen LogP contribution >= 0.6 is 0 Å². The summed E-state index contributed by atoms with van der Waals surface area (Å²) in [6.45, 7) is 5.88. The van der Waals surface area contributed by atoms with Gasteiger partial charge in [0, 0.05) is 56.2 Å². The molecular weight excluding hydrogens is 434 g/mol. The molecule has 178 valence electrons. The Morgan fingerprint density at radius 3 is 2.57 bits per heavy atom. The van der Waals surface area contributed by atoms with Crippen LogP contribution in [0.1, 0.15) is 34.3 Å². The molecule has 1 aliphatic carbocycles. The molecule has 2 fully saturated rings. The van der Waals surface area contributed by atoms with E-state index in [1.807, 2.05) is 31.0 Å². The fraction of sp³-hybridized carbons (Fsp3) is 0.310. The minimum Gasteiger partial charge on any atom is -0.369 e. The number of anilines is 1. The van der Waals surface area contributed by atoms with Crippen molar-refractivity contribution in [3.05, 3.63) is 83.7 Å². The third-order valence-corrected chi connectivity index (χ3v) is 7.47. The monoisotopic (exact) mass is 465 g/mol. The summed E-state index contributed by atoms with van der Waals surface area (Å²) in [6, 6.07) is 19.2. The number of benzene rings is 3. The van der Waals surface area contributed by atoms with Gasteiger partial charge in [-0.3, -0.25) is 9.48 Å². The highest BCUT2D eigenvalue weighted by Crippen LogP contribution is 2.49. The van der Waals surface area contributed by atoms with Crippen LogP contribution in [-0.2, 0) is 12.6 Å². The number of nitrogens with zero attached hydrogens (tertiary/aromatic N) is 3. The van der Waals surface area contributed by atoms with E-state index >= 15 is 0 Å². The molecule has 6 heteroatoms. The van der Waals surface area contributed by atoms with Crippen LogP contribution in [-0.4, -0.2) is 41.9 Å². The van der Waals surface area contributed by atoms with Gasteiger partial charge in [-0.05, 0) is 71.5 Å². The highest BCUT2D eigenvalue weighted by Gasteiger charge is 2.47. The van der Waals surface area contributed by atoms with E-state index in [1.54, 1.807) is 0 Å². The van der Waals surface area contributed by atoms with Gasteiger partial charge in [-0.2, -0.15) is 5.10 Å². The smallest absolute Gasteiger partial charge is 0.252 e. The molecule has 4 aromatic rings. The van der Waals surface area contributed by atoms with Crippen molar-refractivity contribution < 1.29 is 4.79 Å². The van der Waals surface area contributed by atoms with Crippen molar-refractivity contribution >= 4 is 22.4 Å². The number of nitrogens with one attached hydrogen (secondary N) is 2. The Balaban J connectivity index is 1.36. The minimum atomic E-state index is -0.341. The van der Waals surface area contributed by atoms with Crippen molar-refractivity contribution in [1.29, 1.82) is 0 Å². The summed E-state index contributed by atoms with van der Waals surface area (Å²) in [6.07, 6.45) is 5.82. The first-order valence-electron chi connectivity index (χ1n) is 12.4. The topological polar surface area (TPSA) is 62.2 Å². The summed E-state index contributed by atoms with van der Waals surface area (Å²) in [4.78, 5) is 16.0. The van der Waals surface area contributed by atoms with Crippen LogP contribution in [0.15, 0.2) is 67.0 Å². The lowest BCUT2D eigenvalue weighted by Crippen LogP contribution is -2.43. The summed E-state index contributed by atoms with van der Waals surface area (Å²) >= 11 is 0. The van der Waals surface area contributed by atoms with Gasteiger partial charge in [0.15, 0.2) is 0 Å². The number of rotatable bonds is 5. The van der Waals surface area contributed by atoms with Gasteiger partial charge in [0.1, 0.15) is 0 Å². The van der Waals surface area contributed by atoms with E-state index in [-0.39, 0.29) is 11.4 Å². The molecule has 35 heavy (non-hydrogen) atoms. The summed E-state index contributed by atoms with van der Waals surface area (Å²) in [5, 5.41) is 13.6. The molecule has 1 aromatic heterocycles. The van der Waals surface area contributed by atoms with Crippen molar-refractivity contribution in [2.45, 2.75) is 25.3 Å². The Bertz CT molecular complexity index is 1410. The molecule has 0 radical (unpaired) electrons. The fourth-order valence-corrected chi connectivity index (χ4v) is 5.29. The van der Waals surface area contributed by atoms with Crippen molar-refractivity contribution in [3.63, 3.8) is 0 Å². The number of aryl methyl sites for hydroxylation is 2. The number of carbonyl (C=O) groups excluding carboxylic acids is 1. The molecule has 1 saturated heterocycles. The molecule has 2 N–H and O–H groups in total. The van der Waals surface area contributed by atoms with Crippen molar-refractivity contribution in [2.75, 3.05) is 31.1 Å². The van der Waals surface area contributed by atoms with Gasteiger partial charge in [-0.25, -0.2) is 0 Å². The molecule has 0 bridgehead atoms. The largest absolute Gasteiger partial charge is 0.369 e. The quantitative estimate of drug-likeness (QED) is 0.459. The average Bonchev–Trinajstić information content (AvgIpc) is 3.53. The highest BCUT2D eigenvalue weighted by molar-refractivity contribution is 5.98. The molecule has 1 amide bonds. The lowest BCUT2D eigenvalue weighted by atomic mass is 9.92. The molecule has 6 nitrogen and oxygen atoms in total. The molecule has 2 aliphatic rings. The van der Waals surface area contributed by atoms with E-state index in [1.165, 1.54) is 16.3 Å². The van der Waals surface area contributed by atoms with E-state index in [0.29, 0.717) is 0 Å². The number of carbonyl (C=O) groups is 1. The zero-order chi connectivity index (χ0) is 24.0. The first-order chi connectivity index (χ1) is 17.0. The van der Waals surface area contributed by atoms with Gasteiger partial charge in [-0.1, -0.05) is 30.3 Å². The van der Waals surface area contributed by atoms with Gasteiger partial charge in [-0.15, -0.1) is 0 Å². The molecule has 1 aliphatic heterocycles. The first kappa shape index (κ1) is 21.9. The lowest BCUT2D eigenvalue weighted by molar-refractivity contribution is 0.0930. The second kappa shape index (κ2) is 8.54. The maximum absolute atomic E-state index is 13.7. The fourth-order valence-electron chi connectivity index (χ4n) is 5.29. The maximum Gasteiger partial charge on any atom is 0.252 e. The standard InChI is InChI=1S/C29H31N5O/c1-20-7-8-24(34-13-11-30-12-14-34)17-26(20)28(35)32-29(9-10-29)27-16-22(23-18-31-33(2)19-23)15-21-5-3-4-6-25(21)27/h3-8,15-19,30H,9-14H2,1-2H3,(H,32,35). The number of piperazine rings is 1. The van der Waals surface area contributed by atoms with Gasteiger partial charge in [0.05, 0.1) is 11.7 Å². The second-order valence-electron chi connectivity index (χ2n) is 9.92. The van der Waals surface area contributed by atoms with E-state index in [9.17, 15) is 4.79 Å². The number of fused-ring (bicyclic) bond motifs is 1. The Labute approximate surface area is 205 Å². The van der Waals surface area contributed by atoms with E-state index < -0.39 is 0 Å². The highest BCUT2D eigenvalue weighted by atomic mass is 16.1. The SMILES string of the molecule is Cc1ccc(N2CCNCC2)cc1C(=O)NC1(c2cc(-c3cnn(C)c3)cc3ccccc23)CC1. The summed E-state index contributed by atoms with van der Waals surface area (Å²) < 4.78 is 1.83. The normalized spacial score (nSPS) is 16.9. The Hall–Kier alpha value is -3.64. The third kappa shape index (κ3) is 4.08. The van der Waals surface area contributed by atoms with Crippen LogP contribution < -0.4 is 15.5 Å². The Kier molecular flexibility index (Phi) is 5.33. The van der Waals surface area contributed by atoms with Gasteiger partial charge >= 0.3 is 0 Å². The lowest BCUT2D eigenvalue weighted by Gasteiger charge is -2.30. The zero-order valence-corrected chi connectivity index (χ0v) is 20.3. The van der Waals surface area contributed by atoms with Crippen molar-refractivity contribution in [3.8, 4) is 11.1 Å². The van der Waals surface area contributed by atoms with Crippen LogP contribution in [0.4, 0.5) is 5.69 Å². The average molecular weight is 466 g/mol. The van der Waals surface area contributed by atoms with Gasteiger partial charge < -0.3 is 15.5 Å². The predicted molar refractivity (Wildman–Crippen MR) is 141 cm³/mol. The minimum absolute atomic E-state index is 0.00727. The summed E-state index contributed by atoms with van der Waals surface area (Å²) in [7, 11) is 1.94.